The average molecular weight is 309 g/mol. The van der Waals surface area contributed by atoms with Gasteiger partial charge in [-0.1, -0.05) is 35.0 Å². The first-order valence-electron chi connectivity index (χ1n) is 6.12. The fourth-order valence-corrected chi connectivity index (χ4v) is 2.35. The van der Waals surface area contributed by atoms with E-state index in [4.69, 9.17) is 0 Å². The predicted octanol–water partition coefficient (Wildman–Crippen LogP) is 2.85. The fraction of sp³-hybridized carbons (Fsp3) is 0.385. The smallest absolute Gasteiger partial charge is 0.137 e. The molecular formula is C13H17BrN4. The van der Waals surface area contributed by atoms with Gasteiger partial charge in [-0.2, -0.15) is 5.10 Å². The van der Waals surface area contributed by atoms with E-state index in [0.717, 1.165) is 29.7 Å². The van der Waals surface area contributed by atoms with E-state index >= 15 is 0 Å². The van der Waals surface area contributed by atoms with Crippen molar-refractivity contribution in [2.24, 2.45) is 0 Å². The van der Waals surface area contributed by atoms with E-state index in [1.807, 2.05) is 6.07 Å². The second-order valence-corrected chi connectivity index (χ2v) is 5.07. The summed E-state index contributed by atoms with van der Waals surface area (Å²) in [6.45, 7) is 3.08. The minimum Gasteiger partial charge on any atom is -0.310 e. The molecule has 0 aliphatic carbocycles. The normalized spacial score (nSPS) is 12.6. The van der Waals surface area contributed by atoms with E-state index in [1.54, 1.807) is 6.33 Å². The molecule has 96 valence electrons. The number of H-pyrrole nitrogens is 1. The second kappa shape index (κ2) is 6.66. The number of halogens is 1. The third-order valence-electron chi connectivity index (χ3n) is 2.88. The summed E-state index contributed by atoms with van der Waals surface area (Å²) in [5.74, 6) is 0.923. The SMILES string of the molecule is CCC(NCCc1ncn[nH]1)c1cccc(Br)c1. The van der Waals surface area contributed by atoms with Crippen LogP contribution in [-0.4, -0.2) is 21.7 Å². The summed E-state index contributed by atoms with van der Waals surface area (Å²) in [4.78, 5) is 4.11. The number of rotatable bonds is 6. The lowest BCUT2D eigenvalue weighted by atomic mass is 10.0. The first-order valence-corrected chi connectivity index (χ1v) is 6.92. The zero-order valence-corrected chi connectivity index (χ0v) is 11.9. The Morgan fingerprint density at radius 3 is 3.00 bits per heavy atom. The van der Waals surface area contributed by atoms with Gasteiger partial charge < -0.3 is 5.32 Å². The largest absolute Gasteiger partial charge is 0.310 e. The molecule has 0 radical (unpaired) electrons. The summed E-state index contributed by atoms with van der Waals surface area (Å²) >= 11 is 3.51. The van der Waals surface area contributed by atoms with Crippen LogP contribution in [0, 0.1) is 0 Å². The molecule has 0 bridgehead atoms. The van der Waals surface area contributed by atoms with Crippen molar-refractivity contribution >= 4 is 15.9 Å². The summed E-state index contributed by atoms with van der Waals surface area (Å²) < 4.78 is 1.12. The van der Waals surface area contributed by atoms with Crippen molar-refractivity contribution in [1.29, 1.82) is 0 Å². The highest BCUT2D eigenvalue weighted by atomic mass is 79.9. The standard InChI is InChI=1S/C13H17BrN4/c1-2-12(10-4-3-5-11(14)8-10)15-7-6-13-16-9-17-18-13/h3-5,8-9,12,15H,2,6-7H2,1H3,(H,16,17,18). The monoisotopic (exact) mass is 308 g/mol. The third kappa shape index (κ3) is 3.65. The summed E-state index contributed by atoms with van der Waals surface area (Å²) in [7, 11) is 0. The van der Waals surface area contributed by atoms with Gasteiger partial charge >= 0.3 is 0 Å². The summed E-state index contributed by atoms with van der Waals surface area (Å²) in [5, 5.41) is 10.3. The van der Waals surface area contributed by atoms with Crippen LogP contribution in [0.25, 0.3) is 0 Å². The first kappa shape index (κ1) is 13.2. The van der Waals surface area contributed by atoms with Crippen molar-refractivity contribution < 1.29 is 0 Å². The van der Waals surface area contributed by atoms with Gasteiger partial charge in [0.15, 0.2) is 0 Å². The molecule has 0 spiro atoms. The zero-order valence-electron chi connectivity index (χ0n) is 10.4. The number of hydrogen-bond donors (Lipinski definition) is 2. The number of nitrogens with zero attached hydrogens (tertiary/aromatic N) is 2. The molecule has 2 rings (SSSR count). The number of benzene rings is 1. The van der Waals surface area contributed by atoms with E-state index in [1.165, 1.54) is 5.56 Å². The van der Waals surface area contributed by atoms with Gasteiger partial charge in [0.05, 0.1) is 0 Å². The van der Waals surface area contributed by atoms with Crippen molar-refractivity contribution in [1.82, 2.24) is 20.5 Å². The molecule has 0 saturated carbocycles. The Balaban J connectivity index is 1.89. The van der Waals surface area contributed by atoms with E-state index < -0.39 is 0 Å². The molecule has 2 aromatic rings. The highest BCUT2D eigenvalue weighted by molar-refractivity contribution is 9.10. The van der Waals surface area contributed by atoms with Gasteiger partial charge in [0, 0.05) is 23.5 Å². The highest BCUT2D eigenvalue weighted by Gasteiger charge is 2.08. The Hall–Kier alpha value is -1.20. The first-order chi connectivity index (χ1) is 8.79. The van der Waals surface area contributed by atoms with Crippen LogP contribution in [0.2, 0.25) is 0 Å². The van der Waals surface area contributed by atoms with Gasteiger partial charge in [-0.25, -0.2) is 4.98 Å². The van der Waals surface area contributed by atoms with E-state index in [9.17, 15) is 0 Å². The number of nitrogens with one attached hydrogen (secondary N) is 2. The van der Waals surface area contributed by atoms with Crippen LogP contribution in [0.4, 0.5) is 0 Å². The Labute approximate surface area is 115 Å². The molecule has 0 amide bonds. The molecule has 2 N–H and O–H groups in total. The molecule has 1 aromatic carbocycles. The van der Waals surface area contributed by atoms with Crippen LogP contribution in [0.15, 0.2) is 35.1 Å². The van der Waals surface area contributed by atoms with Crippen molar-refractivity contribution in [3.8, 4) is 0 Å². The summed E-state index contributed by atoms with van der Waals surface area (Å²) in [5.41, 5.74) is 1.31. The Bertz CT molecular complexity index is 470. The lowest BCUT2D eigenvalue weighted by molar-refractivity contribution is 0.518. The highest BCUT2D eigenvalue weighted by Crippen LogP contribution is 2.20. The molecule has 4 nitrogen and oxygen atoms in total. The number of hydrogen-bond acceptors (Lipinski definition) is 3. The van der Waals surface area contributed by atoms with Gasteiger partial charge in [-0.05, 0) is 24.1 Å². The van der Waals surface area contributed by atoms with Gasteiger partial charge in [-0.3, -0.25) is 5.10 Å². The van der Waals surface area contributed by atoms with Gasteiger partial charge in [0.1, 0.15) is 12.2 Å². The molecule has 5 heteroatoms. The maximum atomic E-state index is 4.11. The van der Waals surface area contributed by atoms with Gasteiger partial charge in [0.2, 0.25) is 0 Å². The Morgan fingerprint density at radius 2 is 2.33 bits per heavy atom. The van der Waals surface area contributed by atoms with E-state index in [0.29, 0.717) is 6.04 Å². The number of aromatic amines is 1. The van der Waals surface area contributed by atoms with Gasteiger partial charge in [0.25, 0.3) is 0 Å². The molecule has 0 aliphatic rings. The third-order valence-corrected chi connectivity index (χ3v) is 3.37. The van der Waals surface area contributed by atoms with Crippen molar-refractivity contribution in [3.05, 3.63) is 46.5 Å². The van der Waals surface area contributed by atoms with Gasteiger partial charge in [-0.15, -0.1) is 0 Å². The number of aromatic nitrogens is 3. The zero-order chi connectivity index (χ0) is 12.8. The molecule has 1 heterocycles. The van der Waals surface area contributed by atoms with Crippen LogP contribution in [-0.2, 0) is 6.42 Å². The van der Waals surface area contributed by atoms with Crippen LogP contribution < -0.4 is 5.32 Å². The lowest BCUT2D eigenvalue weighted by Crippen LogP contribution is -2.23. The molecule has 1 atom stereocenters. The topological polar surface area (TPSA) is 53.6 Å². The van der Waals surface area contributed by atoms with Crippen LogP contribution in [0.3, 0.4) is 0 Å². The van der Waals surface area contributed by atoms with Crippen molar-refractivity contribution in [2.45, 2.75) is 25.8 Å². The Morgan fingerprint density at radius 1 is 1.44 bits per heavy atom. The predicted molar refractivity (Wildman–Crippen MR) is 75.3 cm³/mol. The minimum absolute atomic E-state index is 0.380. The molecule has 0 fully saturated rings. The maximum Gasteiger partial charge on any atom is 0.137 e. The molecule has 1 aromatic heterocycles. The van der Waals surface area contributed by atoms with Crippen LogP contribution >= 0.6 is 15.9 Å². The Kier molecular flexibility index (Phi) is 4.90. The molecule has 0 aliphatic heterocycles. The maximum absolute atomic E-state index is 4.11. The van der Waals surface area contributed by atoms with E-state index in [2.05, 4.69) is 61.6 Å². The van der Waals surface area contributed by atoms with Crippen LogP contribution in [0.5, 0.6) is 0 Å². The second-order valence-electron chi connectivity index (χ2n) is 4.15. The van der Waals surface area contributed by atoms with E-state index in [-0.39, 0.29) is 0 Å². The van der Waals surface area contributed by atoms with Crippen molar-refractivity contribution in [3.63, 3.8) is 0 Å². The van der Waals surface area contributed by atoms with Crippen LogP contribution in [0.1, 0.15) is 30.8 Å². The fourth-order valence-electron chi connectivity index (χ4n) is 1.94. The molecule has 1 unspecified atom stereocenters. The molecule has 18 heavy (non-hydrogen) atoms. The average Bonchev–Trinajstić information content (AvgIpc) is 2.88. The lowest BCUT2D eigenvalue weighted by Gasteiger charge is -2.17. The summed E-state index contributed by atoms with van der Waals surface area (Å²) in [6, 6.07) is 8.81. The minimum atomic E-state index is 0.380. The quantitative estimate of drug-likeness (QED) is 0.863. The summed E-state index contributed by atoms with van der Waals surface area (Å²) in [6.07, 6.45) is 3.47. The van der Waals surface area contributed by atoms with Crippen molar-refractivity contribution in [2.75, 3.05) is 6.54 Å². The molecular weight excluding hydrogens is 292 g/mol. The molecule has 0 saturated heterocycles.